The number of nitrogens with zero attached hydrogens (tertiary/aromatic N) is 3. The van der Waals surface area contributed by atoms with Crippen LogP contribution in [0.1, 0.15) is 0 Å². The molecule has 51 heavy (non-hydrogen) atoms. The second kappa shape index (κ2) is 10.8. The quantitative estimate of drug-likeness (QED) is 0.180. The zero-order valence-electron chi connectivity index (χ0n) is 27.7. The van der Waals surface area contributed by atoms with Gasteiger partial charge in [-0.15, -0.1) is 0 Å². The van der Waals surface area contributed by atoms with Gasteiger partial charge in [0.15, 0.2) is 0 Å². The fourth-order valence-electron chi connectivity index (χ4n) is 8.44. The number of para-hydroxylation sites is 5. The van der Waals surface area contributed by atoms with Gasteiger partial charge in [0.2, 0.25) is 0 Å². The Morgan fingerprint density at radius 3 is 1.35 bits per heavy atom. The van der Waals surface area contributed by atoms with E-state index in [1.165, 1.54) is 76.5 Å². The van der Waals surface area contributed by atoms with Crippen LogP contribution in [0.15, 0.2) is 188 Å². The highest BCUT2D eigenvalue weighted by molar-refractivity contribution is 6.26. The average Bonchev–Trinajstić information content (AvgIpc) is 3.84. The lowest BCUT2D eigenvalue weighted by molar-refractivity contribution is 1.17. The van der Waals surface area contributed by atoms with E-state index in [4.69, 9.17) is 0 Å². The average molecular weight is 650 g/mol. The highest BCUT2D eigenvalue weighted by atomic mass is 15.0. The standard InChI is InChI=1S/C48H31N3/c1-3-13-34(14-4-1)50-44-22-12-9-19-40(44)47-46(50)30-28-39-41-31-33(25-29-45(41)51(48(39)47)35-15-5-2-6-16-35)32-23-26-36(27-24-32)49-42-20-10-7-17-37(42)38-18-8-11-21-43(38)49/h1-31H. The molecule has 3 aromatic heterocycles. The maximum Gasteiger partial charge on any atom is 0.0641 e. The molecule has 0 saturated heterocycles. The molecule has 0 atom stereocenters. The monoisotopic (exact) mass is 649 g/mol. The summed E-state index contributed by atoms with van der Waals surface area (Å²) < 4.78 is 7.24. The van der Waals surface area contributed by atoms with E-state index in [9.17, 15) is 0 Å². The van der Waals surface area contributed by atoms with E-state index in [2.05, 4.69) is 202 Å². The Morgan fingerprint density at radius 2 is 0.706 bits per heavy atom. The lowest BCUT2D eigenvalue weighted by atomic mass is 10.0. The van der Waals surface area contributed by atoms with Crippen LogP contribution in [0.4, 0.5) is 0 Å². The summed E-state index contributed by atoms with van der Waals surface area (Å²) in [6.45, 7) is 0. The van der Waals surface area contributed by atoms with Crippen LogP contribution in [0.2, 0.25) is 0 Å². The van der Waals surface area contributed by atoms with Gasteiger partial charge in [0.25, 0.3) is 0 Å². The molecule has 0 aliphatic carbocycles. The molecule has 0 N–H and O–H groups in total. The molecule has 0 unspecified atom stereocenters. The molecule has 0 spiro atoms. The van der Waals surface area contributed by atoms with Gasteiger partial charge in [-0.05, 0) is 83.9 Å². The maximum atomic E-state index is 2.46. The van der Waals surface area contributed by atoms with Crippen molar-refractivity contribution in [1.82, 2.24) is 13.7 Å². The van der Waals surface area contributed by atoms with E-state index in [0.29, 0.717) is 0 Å². The fourth-order valence-corrected chi connectivity index (χ4v) is 8.44. The first-order chi connectivity index (χ1) is 25.3. The molecule has 3 nitrogen and oxygen atoms in total. The zero-order chi connectivity index (χ0) is 33.5. The van der Waals surface area contributed by atoms with Gasteiger partial charge >= 0.3 is 0 Å². The fraction of sp³-hybridized carbons (Fsp3) is 0. The van der Waals surface area contributed by atoms with E-state index in [-0.39, 0.29) is 0 Å². The van der Waals surface area contributed by atoms with Crippen LogP contribution >= 0.6 is 0 Å². The minimum Gasteiger partial charge on any atom is -0.309 e. The van der Waals surface area contributed by atoms with Gasteiger partial charge in [0, 0.05) is 49.4 Å². The first-order valence-electron chi connectivity index (χ1n) is 17.5. The lowest BCUT2D eigenvalue weighted by Gasteiger charge is -2.10. The highest BCUT2D eigenvalue weighted by Gasteiger charge is 2.21. The van der Waals surface area contributed by atoms with Crippen LogP contribution in [0.5, 0.6) is 0 Å². The largest absolute Gasteiger partial charge is 0.309 e. The number of hydrogen-bond acceptors (Lipinski definition) is 0. The van der Waals surface area contributed by atoms with Crippen LogP contribution in [0.3, 0.4) is 0 Å². The molecule has 3 heterocycles. The van der Waals surface area contributed by atoms with Crippen LogP contribution in [0, 0.1) is 0 Å². The summed E-state index contributed by atoms with van der Waals surface area (Å²) in [7, 11) is 0. The summed E-state index contributed by atoms with van der Waals surface area (Å²) in [6.07, 6.45) is 0. The Kier molecular flexibility index (Phi) is 5.96. The molecule has 0 radical (unpaired) electrons. The van der Waals surface area contributed by atoms with E-state index < -0.39 is 0 Å². The van der Waals surface area contributed by atoms with E-state index in [0.717, 1.165) is 17.1 Å². The predicted molar refractivity (Wildman–Crippen MR) is 215 cm³/mol. The molecule has 0 saturated carbocycles. The van der Waals surface area contributed by atoms with Gasteiger partial charge in [0.1, 0.15) is 0 Å². The van der Waals surface area contributed by atoms with Crippen LogP contribution in [0.25, 0.3) is 93.6 Å². The molecule has 11 aromatic rings. The van der Waals surface area contributed by atoms with Crippen LogP contribution in [-0.4, -0.2) is 13.7 Å². The summed E-state index contributed by atoms with van der Waals surface area (Å²) >= 11 is 0. The predicted octanol–water partition coefficient (Wildman–Crippen LogP) is 12.6. The van der Waals surface area contributed by atoms with Gasteiger partial charge in [0.05, 0.1) is 33.1 Å². The zero-order valence-corrected chi connectivity index (χ0v) is 27.7. The lowest BCUT2D eigenvalue weighted by Crippen LogP contribution is -1.95. The Bertz CT molecular complexity index is 3050. The van der Waals surface area contributed by atoms with Gasteiger partial charge in [-0.25, -0.2) is 0 Å². The SMILES string of the molecule is c1ccc(-n2c3ccccc3c3c2ccc2c4cc(-c5ccc(-n6c7ccccc7c7ccccc76)cc5)ccc4n(-c4ccccc4)c23)cc1. The Morgan fingerprint density at radius 1 is 0.255 bits per heavy atom. The third-order valence-corrected chi connectivity index (χ3v) is 10.6. The summed E-state index contributed by atoms with van der Waals surface area (Å²) in [5.74, 6) is 0. The van der Waals surface area contributed by atoms with Crippen molar-refractivity contribution in [3.8, 4) is 28.2 Å². The molecule has 0 amide bonds. The molecule has 11 rings (SSSR count). The Hall–Kier alpha value is -6.84. The molecular formula is C48H31N3. The van der Waals surface area contributed by atoms with E-state index in [1.807, 2.05) is 0 Å². The third-order valence-electron chi connectivity index (χ3n) is 10.6. The van der Waals surface area contributed by atoms with E-state index in [1.54, 1.807) is 0 Å². The van der Waals surface area contributed by atoms with Crippen LogP contribution in [-0.2, 0) is 0 Å². The van der Waals surface area contributed by atoms with Gasteiger partial charge < -0.3 is 13.7 Å². The summed E-state index contributed by atoms with van der Waals surface area (Å²) in [4.78, 5) is 0. The minimum atomic E-state index is 1.16. The summed E-state index contributed by atoms with van der Waals surface area (Å²) in [6, 6.07) is 68.3. The molecule has 8 aromatic carbocycles. The normalized spacial score (nSPS) is 11.9. The molecule has 0 aliphatic rings. The van der Waals surface area contributed by atoms with Crippen molar-refractivity contribution in [3.63, 3.8) is 0 Å². The second-order valence-corrected chi connectivity index (χ2v) is 13.4. The highest BCUT2D eigenvalue weighted by Crippen LogP contribution is 2.43. The molecule has 0 fully saturated rings. The van der Waals surface area contributed by atoms with Crippen LogP contribution < -0.4 is 0 Å². The van der Waals surface area contributed by atoms with E-state index >= 15 is 0 Å². The number of aromatic nitrogens is 3. The summed E-state index contributed by atoms with van der Waals surface area (Å²) in [5, 5.41) is 7.57. The Labute approximate surface area is 294 Å². The van der Waals surface area contributed by atoms with Crippen molar-refractivity contribution in [1.29, 1.82) is 0 Å². The van der Waals surface area contributed by atoms with Crippen molar-refractivity contribution in [3.05, 3.63) is 188 Å². The van der Waals surface area contributed by atoms with Gasteiger partial charge in [-0.3, -0.25) is 0 Å². The first-order valence-corrected chi connectivity index (χ1v) is 17.5. The number of fused-ring (bicyclic) bond motifs is 10. The molecule has 0 aliphatic heterocycles. The van der Waals surface area contributed by atoms with Crippen molar-refractivity contribution in [2.45, 2.75) is 0 Å². The third kappa shape index (κ3) is 4.06. The molecular weight excluding hydrogens is 619 g/mol. The Balaban J connectivity index is 1.14. The first kappa shape index (κ1) is 28.0. The molecule has 0 bridgehead atoms. The number of hydrogen-bond donors (Lipinski definition) is 0. The molecule has 3 heteroatoms. The number of rotatable bonds is 4. The van der Waals surface area contributed by atoms with Crippen molar-refractivity contribution in [2.24, 2.45) is 0 Å². The van der Waals surface area contributed by atoms with Crippen molar-refractivity contribution >= 4 is 65.4 Å². The van der Waals surface area contributed by atoms with Gasteiger partial charge in [-0.1, -0.05) is 115 Å². The number of benzene rings is 8. The smallest absolute Gasteiger partial charge is 0.0641 e. The minimum absolute atomic E-state index is 1.16. The van der Waals surface area contributed by atoms with Crippen molar-refractivity contribution < 1.29 is 0 Å². The summed E-state index contributed by atoms with van der Waals surface area (Å²) in [5.41, 5.74) is 13.2. The topological polar surface area (TPSA) is 14.8 Å². The second-order valence-electron chi connectivity index (χ2n) is 13.4. The maximum absolute atomic E-state index is 2.46. The van der Waals surface area contributed by atoms with Crippen molar-refractivity contribution in [2.75, 3.05) is 0 Å². The van der Waals surface area contributed by atoms with Gasteiger partial charge in [-0.2, -0.15) is 0 Å². The molecule has 238 valence electrons.